The first kappa shape index (κ1) is 18.4. The maximum atomic E-state index is 12.7. The number of hydrogen-bond acceptors (Lipinski definition) is 3. The van der Waals surface area contributed by atoms with E-state index in [9.17, 15) is 22.8 Å². The molecule has 10 heteroatoms. The van der Waals surface area contributed by atoms with Crippen molar-refractivity contribution in [3.63, 3.8) is 0 Å². The summed E-state index contributed by atoms with van der Waals surface area (Å²) in [7, 11) is 0. The van der Waals surface area contributed by atoms with Crippen LogP contribution in [0.5, 0.6) is 0 Å². The van der Waals surface area contributed by atoms with Gasteiger partial charge in [0.25, 0.3) is 0 Å². The number of amides is 2. The molecule has 1 saturated heterocycles. The van der Waals surface area contributed by atoms with Crippen molar-refractivity contribution in [2.24, 2.45) is 0 Å². The molecule has 2 aromatic rings. The molecule has 1 atom stereocenters. The predicted molar refractivity (Wildman–Crippen MR) is 88.8 cm³/mol. The lowest BCUT2D eigenvalue weighted by molar-refractivity contribution is -0.145. The normalized spacial score (nSPS) is 17.9. The Morgan fingerprint density at radius 3 is 2.69 bits per heavy atom. The lowest BCUT2D eigenvalue weighted by Gasteiger charge is -2.35. The smallest absolute Gasteiger partial charge is 0.352 e. The van der Waals surface area contributed by atoms with Crippen LogP contribution in [0.1, 0.15) is 17.3 Å². The summed E-state index contributed by atoms with van der Waals surface area (Å²) >= 11 is 3.37. The van der Waals surface area contributed by atoms with Crippen molar-refractivity contribution >= 4 is 27.7 Å². The van der Waals surface area contributed by atoms with Crippen LogP contribution in [0.3, 0.4) is 0 Å². The Morgan fingerprint density at radius 2 is 2.04 bits per heavy atom. The quantitative estimate of drug-likeness (QED) is 0.812. The number of hydrogen-bond donors (Lipinski definition) is 1. The molecule has 1 unspecified atom stereocenters. The van der Waals surface area contributed by atoms with Gasteiger partial charge >= 0.3 is 6.18 Å². The van der Waals surface area contributed by atoms with E-state index in [2.05, 4.69) is 26.3 Å². The van der Waals surface area contributed by atoms with Crippen LogP contribution in [0.15, 0.2) is 41.0 Å². The van der Waals surface area contributed by atoms with Crippen LogP contribution < -0.4 is 5.32 Å². The zero-order chi connectivity index (χ0) is 18.9. The highest BCUT2D eigenvalue weighted by Gasteiger charge is 2.36. The molecule has 26 heavy (non-hydrogen) atoms. The molecule has 6 nitrogen and oxygen atoms in total. The average Bonchev–Trinajstić information content (AvgIpc) is 3.04. The van der Waals surface area contributed by atoms with E-state index in [1.807, 2.05) is 0 Å². The van der Waals surface area contributed by atoms with Gasteiger partial charge in [0.05, 0.1) is 0 Å². The Morgan fingerprint density at radius 1 is 1.31 bits per heavy atom. The molecule has 1 aromatic heterocycles. The first-order valence-corrected chi connectivity index (χ1v) is 8.49. The fourth-order valence-electron chi connectivity index (χ4n) is 2.77. The SMILES string of the molecule is O=C1NCCN(C(=O)Cn2ccc(C(F)(F)F)n2)C1c1ccccc1Br. The first-order valence-electron chi connectivity index (χ1n) is 7.69. The van der Waals surface area contributed by atoms with Gasteiger partial charge < -0.3 is 10.2 Å². The van der Waals surface area contributed by atoms with Gasteiger partial charge in [-0.1, -0.05) is 34.1 Å². The van der Waals surface area contributed by atoms with Crippen LogP contribution in [0.25, 0.3) is 0 Å². The third-order valence-electron chi connectivity index (χ3n) is 3.96. The van der Waals surface area contributed by atoms with Gasteiger partial charge in [-0.15, -0.1) is 0 Å². The van der Waals surface area contributed by atoms with Crippen LogP contribution in [0.2, 0.25) is 0 Å². The molecule has 0 radical (unpaired) electrons. The van der Waals surface area contributed by atoms with E-state index in [-0.39, 0.29) is 25.5 Å². The van der Waals surface area contributed by atoms with Crippen molar-refractivity contribution in [2.75, 3.05) is 13.1 Å². The Balaban J connectivity index is 1.83. The van der Waals surface area contributed by atoms with E-state index in [4.69, 9.17) is 0 Å². The molecule has 3 rings (SSSR count). The van der Waals surface area contributed by atoms with Gasteiger partial charge in [-0.2, -0.15) is 18.3 Å². The molecule has 0 spiro atoms. The Kier molecular flexibility index (Phi) is 5.03. The second kappa shape index (κ2) is 7.10. The summed E-state index contributed by atoms with van der Waals surface area (Å²) < 4.78 is 39.5. The van der Waals surface area contributed by atoms with Crippen molar-refractivity contribution in [1.29, 1.82) is 0 Å². The number of benzene rings is 1. The zero-order valence-corrected chi connectivity index (χ0v) is 14.9. The van der Waals surface area contributed by atoms with E-state index >= 15 is 0 Å². The lowest BCUT2D eigenvalue weighted by atomic mass is 10.0. The highest BCUT2D eigenvalue weighted by molar-refractivity contribution is 9.10. The maximum Gasteiger partial charge on any atom is 0.435 e. The van der Waals surface area contributed by atoms with E-state index in [1.165, 1.54) is 4.90 Å². The molecule has 1 aliphatic heterocycles. The van der Waals surface area contributed by atoms with Gasteiger partial charge in [0.1, 0.15) is 12.6 Å². The summed E-state index contributed by atoms with van der Waals surface area (Å²) in [5, 5.41) is 6.09. The van der Waals surface area contributed by atoms with Crippen LogP contribution in [0.4, 0.5) is 13.2 Å². The van der Waals surface area contributed by atoms with Crippen molar-refractivity contribution in [1.82, 2.24) is 20.0 Å². The molecule has 2 amide bonds. The molecule has 1 fully saturated rings. The number of nitrogens with zero attached hydrogens (tertiary/aromatic N) is 3. The minimum Gasteiger partial charge on any atom is -0.352 e. The summed E-state index contributed by atoms with van der Waals surface area (Å²) in [6.45, 7) is 0.146. The minimum absolute atomic E-state index is 0.254. The molecule has 138 valence electrons. The maximum absolute atomic E-state index is 12.7. The summed E-state index contributed by atoms with van der Waals surface area (Å²) in [5.74, 6) is -0.828. The molecular weight excluding hydrogens is 417 g/mol. The van der Waals surface area contributed by atoms with Crippen LogP contribution in [-0.4, -0.2) is 39.6 Å². The second-order valence-corrected chi connectivity index (χ2v) is 6.55. The number of carbonyl (C=O) groups is 2. The van der Waals surface area contributed by atoms with Gasteiger partial charge in [0, 0.05) is 23.8 Å². The number of halogens is 4. The number of carbonyl (C=O) groups excluding carboxylic acids is 2. The van der Waals surface area contributed by atoms with Gasteiger partial charge in [-0.25, -0.2) is 0 Å². The third kappa shape index (κ3) is 3.74. The molecule has 1 N–H and O–H groups in total. The highest BCUT2D eigenvalue weighted by atomic mass is 79.9. The summed E-state index contributed by atoms with van der Waals surface area (Å²) in [6, 6.07) is 6.95. The number of nitrogens with one attached hydrogen (secondary N) is 1. The monoisotopic (exact) mass is 430 g/mol. The van der Waals surface area contributed by atoms with Crippen molar-refractivity contribution in [3.05, 3.63) is 52.3 Å². The third-order valence-corrected chi connectivity index (χ3v) is 4.68. The largest absolute Gasteiger partial charge is 0.435 e. The summed E-state index contributed by atoms with van der Waals surface area (Å²) in [5.41, 5.74) is -0.460. The van der Waals surface area contributed by atoms with Gasteiger partial charge in [-0.3, -0.25) is 14.3 Å². The van der Waals surface area contributed by atoms with E-state index in [0.717, 1.165) is 16.9 Å². The van der Waals surface area contributed by atoms with Crippen molar-refractivity contribution < 1.29 is 22.8 Å². The summed E-state index contributed by atoms with van der Waals surface area (Å²) in [4.78, 5) is 26.4. The summed E-state index contributed by atoms with van der Waals surface area (Å²) in [6.07, 6.45) is -3.48. The molecule has 0 bridgehead atoms. The van der Waals surface area contributed by atoms with Crippen molar-refractivity contribution in [3.8, 4) is 0 Å². The van der Waals surface area contributed by atoms with E-state index in [1.54, 1.807) is 24.3 Å². The van der Waals surface area contributed by atoms with Gasteiger partial charge in [0.2, 0.25) is 11.8 Å². The van der Waals surface area contributed by atoms with Crippen LogP contribution >= 0.6 is 15.9 Å². The van der Waals surface area contributed by atoms with Crippen molar-refractivity contribution in [2.45, 2.75) is 18.8 Å². The van der Waals surface area contributed by atoms with Crippen LogP contribution in [-0.2, 0) is 22.3 Å². The van der Waals surface area contributed by atoms with Crippen LogP contribution in [0, 0.1) is 0 Å². The molecule has 1 aliphatic rings. The number of piperazine rings is 1. The lowest BCUT2D eigenvalue weighted by Crippen LogP contribution is -2.53. The number of aromatic nitrogens is 2. The van der Waals surface area contributed by atoms with E-state index in [0.29, 0.717) is 10.0 Å². The van der Waals surface area contributed by atoms with Gasteiger partial charge in [-0.05, 0) is 17.7 Å². The minimum atomic E-state index is -4.57. The molecule has 2 heterocycles. The predicted octanol–water partition coefficient (Wildman–Crippen LogP) is 2.36. The number of alkyl halides is 3. The Bertz CT molecular complexity index is 837. The molecule has 0 saturated carbocycles. The zero-order valence-electron chi connectivity index (χ0n) is 13.3. The van der Waals surface area contributed by atoms with E-state index < -0.39 is 23.8 Å². The Labute approximate surface area is 155 Å². The average molecular weight is 431 g/mol. The topological polar surface area (TPSA) is 67.2 Å². The standard InChI is InChI=1S/C16H14BrF3N4O2/c17-11-4-2-1-3-10(11)14-15(26)21-6-8-24(14)13(25)9-23-7-5-12(22-23)16(18,19)20/h1-5,7,14H,6,8-9H2,(H,21,26). The molecule has 0 aliphatic carbocycles. The second-order valence-electron chi connectivity index (χ2n) is 5.70. The Hall–Kier alpha value is -2.36. The van der Waals surface area contributed by atoms with Gasteiger partial charge in [0.15, 0.2) is 5.69 Å². The molecule has 1 aromatic carbocycles. The highest BCUT2D eigenvalue weighted by Crippen LogP contribution is 2.30. The fraction of sp³-hybridized carbons (Fsp3) is 0.312. The first-order chi connectivity index (χ1) is 12.3. The fourth-order valence-corrected chi connectivity index (χ4v) is 3.27. The molecular formula is C16H14BrF3N4O2. The number of rotatable bonds is 3.